The fraction of sp³-hybridized carbons (Fsp3) is 0.393. The number of amidine groups is 1. The highest BCUT2D eigenvalue weighted by molar-refractivity contribution is 6.16. The third-order valence-electron chi connectivity index (χ3n) is 6.92. The number of hydrogen-bond donors (Lipinski definition) is 2. The minimum absolute atomic E-state index is 0.122. The monoisotopic (exact) mass is 504 g/mol. The molecule has 0 saturated carbocycles. The van der Waals surface area contributed by atoms with Gasteiger partial charge in [-0.05, 0) is 62.6 Å². The third kappa shape index (κ3) is 5.51. The number of urea groups is 1. The van der Waals surface area contributed by atoms with Crippen LogP contribution < -0.4 is 15.0 Å². The van der Waals surface area contributed by atoms with E-state index in [0.29, 0.717) is 37.3 Å². The lowest BCUT2D eigenvalue weighted by molar-refractivity contribution is 0.182. The number of H-pyrrole nitrogens is 1. The summed E-state index contributed by atoms with van der Waals surface area (Å²) in [5, 5.41) is 3.42. The lowest BCUT2D eigenvalue weighted by Crippen LogP contribution is -2.61. The van der Waals surface area contributed by atoms with E-state index in [1.807, 2.05) is 32.2 Å². The fourth-order valence-corrected chi connectivity index (χ4v) is 5.24. The van der Waals surface area contributed by atoms with Crippen LogP contribution in [0.15, 0.2) is 66.0 Å². The summed E-state index contributed by atoms with van der Waals surface area (Å²) in [4.78, 5) is 28.9. The van der Waals surface area contributed by atoms with Gasteiger partial charge in [0.25, 0.3) is 0 Å². The van der Waals surface area contributed by atoms with Gasteiger partial charge in [-0.3, -0.25) is 9.80 Å². The summed E-state index contributed by atoms with van der Waals surface area (Å²) < 4.78 is 20.0. The summed E-state index contributed by atoms with van der Waals surface area (Å²) in [5.41, 5.74) is 2.01. The minimum atomic E-state index is -0.643. The van der Waals surface area contributed by atoms with E-state index in [1.165, 1.54) is 17.7 Å². The second-order valence-corrected chi connectivity index (χ2v) is 9.92. The van der Waals surface area contributed by atoms with Gasteiger partial charge in [0, 0.05) is 44.5 Å². The highest BCUT2D eigenvalue weighted by atomic mass is 19.1. The van der Waals surface area contributed by atoms with Crippen LogP contribution in [0.3, 0.4) is 0 Å². The molecular weight excluding hydrogens is 471 g/mol. The van der Waals surface area contributed by atoms with Crippen molar-refractivity contribution in [2.24, 2.45) is 4.99 Å². The average molecular weight is 505 g/mol. The Hall–Kier alpha value is -3.72. The molecule has 9 heteroatoms. The zero-order valence-corrected chi connectivity index (χ0v) is 21.3. The molecule has 1 saturated heterocycles. The second-order valence-electron chi connectivity index (χ2n) is 9.92. The van der Waals surface area contributed by atoms with Crippen LogP contribution >= 0.6 is 0 Å². The molecule has 0 radical (unpaired) electrons. The van der Waals surface area contributed by atoms with Gasteiger partial charge in [-0.1, -0.05) is 18.2 Å². The van der Waals surface area contributed by atoms with Crippen molar-refractivity contribution in [3.05, 3.63) is 78.1 Å². The summed E-state index contributed by atoms with van der Waals surface area (Å²) in [6, 6.07) is 14.0. The summed E-state index contributed by atoms with van der Waals surface area (Å²) in [7, 11) is 0. The van der Waals surface area contributed by atoms with E-state index in [1.54, 1.807) is 23.4 Å². The van der Waals surface area contributed by atoms with Crippen LogP contribution in [0, 0.1) is 5.82 Å². The molecule has 0 bridgehead atoms. The molecule has 2 aliphatic rings. The standard InChI is InChI=1S/C28H33FN6O2/c1-20(2)37-25-8-3-5-21(15-25)18-34-13-10-28(11-14-34)26(31-12-9-23-17-30-19-32-23)33-27(36)35(28)24-7-4-6-22(29)16-24/h3-8,15-17,19-20H,9-14,18H2,1-2H3,(H,30,32)(H,31,33,36). The smallest absolute Gasteiger partial charge is 0.350 e. The summed E-state index contributed by atoms with van der Waals surface area (Å²) >= 11 is 0. The normalized spacial score (nSPS) is 17.5. The van der Waals surface area contributed by atoms with Crippen molar-refractivity contribution >= 4 is 17.6 Å². The van der Waals surface area contributed by atoms with Gasteiger partial charge in [0.15, 0.2) is 0 Å². The van der Waals surface area contributed by atoms with Gasteiger partial charge in [0.2, 0.25) is 0 Å². The SMILES string of the molecule is CC(C)Oc1cccc(CN2CCC3(CC2)C(NCCc2c[nH]cn2)=NC(=O)N3c2cccc(F)c2)c1. The first-order valence-electron chi connectivity index (χ1n) is 12.8. The Morgan fingerprint density at radius 1 is 1.16 bits per heavy atom. The molecule has 0 atom stereocenters. The first-order valence-corrected chi connectivity index (χ1v) is 12.8. The van der Waals surface area contributed by atoms with Crippen LogP contribution in [0.1, 0.15) is 37.9 Å². The molecule has 3 heterocycles. The number of carbonyl (C=O) groups is 1. The van der Waals surface area contributed by atoms with Crippen molar-refractivity contribution in [3.63, 3.8) is 0 Å². The van der Waals surface area contributed by atoms with Crippen LogP contribution in [0.5, 0.6) is 5.75 Å². The molecule has 1 spiro atoms. The van der Waals surface area contributed by atoms with Gasteiger partial charge in [-0.15, -0.1) is 0 Å². The van der Waals surface area contributed by atoms with E-state index in [4.69, 9.17) is 4.74 Å². The van der Waals surface area contributed by atoms with E-state index in [-0.39, 0.29) is 18.0 Å². The van der Waals surface area contributed by atoms with Gasteiger partial charge in [-0.2, -0.15) is 4.99 Å². The van der Waals surface area contributed by atoms with Crippen LogP contribution in [0.4, 0.5) is 14.9 Å². The van der Waals surface area contributed by atoms with Crippen LogP contribution in [-0.2, 0) is 13.0 Å². The zero-order valence-electron chi connectivity index (χ0n) is 21.3. The van der Waals surface area contributed by atoms with E-state index in [0.717, 1.165) is 31.1 Å². The Morgan fingerprint density at radius 2 is 1.97 bits per heavy atom. The summed E-state index contributed by atoms with van der Waals surface area (Å²) in [6.07, 6.45) is 5.71. The number of aromatic nitrogens is 2. The number of nitrogens with zero attached hydrogens (tertiary/aromatic N) is 4. The van der Waals surface area contributed by atoms with Gasteiger partial charge >= 0.3 is 6.03 Å². The zero-order chi connectivity index (χ0) is 25.8. The van der Waals surface area contributed by atoms with Crippen LogP contribution in [-0.4, -0.2) is 58.0 Å². The number of halogens is 1. The van der Waals surface area contributed by atoms with Crippen molar-refractivity contribution < 1.29 is 13.9 Å². The Kier molecular flexibility index (Phi) is 7.23. The Balaban J connectivity index is 1.33. The number of carbonyl (C=O) groups excluding carboxylic acids is 1. The number of benzene rings is 2. The number of aromatic amines is 1. The highest BCUT2D eigenvalue weighted by Gasteiger charge is 2.51. The van der Waals surface area contributed by atoms with Gasteiger partial charge in [-0.25, -0.2) is 14.2 Å². The number of rotatable bonds is 8. The number of amides is 2. The number of hydrogen-bond acceptors (Lipinski definition) is 5. The first kappa shape index (κ1) is 25.0. The second kappa shape index (κ2) is 10.7. The number of piperidine rings is 1. The number of imidazole rings is 1. The molecule has 2 N–H and O–H groups in total. The lowest BCUT2D eigenvalue weighted by atomic mass is 9.84. The lowest BCUT2D eigenvalue weighted by Gasteiger charge is -2.45. The maximum Gasteiger partial charge on any atom is 0.350 e. The van der Waals surface area contributed by atoms with Gasteiger partial charge < -0.3 is 15.0 Å². The Labute approximate surface area is 216 Å². The molecule has 3 aromatic rings. The molecule has 5 rings (SSSR count). The number of ether oxygens (including phenoxy) is 1. The highest BCUT2D eigenvalue weighted by Crippen LogP contribution is 2.39. The molecule has 2 amide bonds. The number of aliphatic imine (C=N–C) groups is 1. The van der Waals surface area contributed by atoms with Crippen molar-refractivity contribution in [2.75, 3.05) is 24.5 Å². The maximum absolute atomic E-state index is 14.2. The molecule has 2 aliphatic heterocycles. The summed E-state index contributed by atoms with van der Waals surface area (Å²) in [6.45, 7) is 6.97. The molecule has 37 heavy (non-hydrogen) atoms. The number of anilines is 1. The largest absolute Gasteiger partial charge is 0.491 e. The number of likely N-dealkylation sites (tertiary alicyclic amines) is 1. The molecule has 2 aromatic carbocycles. The maximum atomic E-state index is 14.2. The first-order chi connectivity index (χ1) is 17.9. The van der Waals surface area contributed by atoms with Crippen LogP contribution in [0.25, 0.3) is 0 Å². The molecule has 8 nitrogen and oxygen atoms in total. The van der Waals surface area contributed by atoms with Crippen molar-refractivity contribution in [1.82, 2.24) is 20.2 Å². The predicted molar refractivity (Wildman–Crippen MR) is 141 cm³/mol. The van der Waals surface area contributed by atoms with Gasteiger partial charge in [0.05, 0.1) is 18.1 Å². The number of nitrogens with one attached hydrogen (secondary N) is 2. The molecular formula is C28H33FN6O2. The predicted octanol–water partition coefficient (Wildman–Crippen LogP) is 4.54. The summed E-state index contributed by atoms with van der Waals surface area (Å²) in [5.74, 6) is 1.15. The average Bonchev–Trinajstić information content (AvgIpc) is 3.47. The molecule has 0 aliphatic carbocycles. The molecule has 1 aromatic heterocycles. The Bertz CT molecular complexity index is 1250. The van der Waals surface area contributed by atoms with E-state index < -0.39 is 5.54 Å². The Morgan fingerprint density at radius 3 is 2.70 bits per heavy atom. The fourth-order valence-electron chi connectivity index (χ4n) is 5.24. The minimum Gasteiger partial charge on any atom is -0.491 e. The van der Waals surface area contributed by atoms with E-state index in [9.17, 15) is 9.18 Å². The topological polar surface area (TPSA) is 85.8 Å². The molecule has 1 fully saturated rings. The van der Waals surface area contributed by atoms with Crippen molar-refractivity contribution in [2.45, 2.75) is 51.3 Å². The van der Waals surface area contributed by atoms with Crippen LogP contribution in [0.2, 0.25) is 0 Å². The van der Waals surface area contributed by atoms with E-state index in [2.05, 4.69) is 37.3 Å². The molecule has 194 valence electrons. The van der Waals surface area contributed by atoms with Crippen molar-refractivity contribution in [3.8, 4) is 5.75 Å². The molecule has 0 unspecified atom stereocenters. The van der Waals surface area contributed by atoms with Crippen molar-refractivity contribution in [1.29, 1.82) is 0 Å². The third-order valence-corrected chi connectivity index (χ3v) is 6.92. The van der Waals surface area contributed by atoms with Gasteiger partial charge in [0.1, 0.15) is 22.9 Å². The quantitative estimate of drug-likeness (QED) is 0.470. The van der Waals surface area contributed by atoms with E-state index >= 15 is 0 Å².